The Hall–Kier alpha value is -2.47. The number of H-pyrrole nitrogens is 1. The van der Waals surface area contributed by atoms with Gasteiger partial charge in [-0.2, -0.15) is 0 Å². The fraction of sp³-hybridized carbons (Fsp3) is 0.0625. The fourth-order valence-corrected chi connectivity index (χ4v) is 2.75. The van der Waals surface area contributed by atoms with Crippen molar-refractivity contribution in [2.24, 2.45) is 0 Å². The van der Waals surface area contributed by atoms with Crippen molar-refractivity contribution >= 4 is 27.0 Å². The predicted molar refractivity (Wildman–Crippen MR) is 88.4 cm³/mol. The molecule has 108 valence electrons. The first-order chi connectivity index (χ1) is 10.8. The highest BCUT2D eigenvalue weighted by molar-refractivity contribution is 9.10. The summed E-state index contributed by atoms with van der Waals surface area (Å²) < 4.78 is 2.96. The molecule has 1 N–H and O–H groups in total. The third-order valence-corrected chi connectivity index (χ3v) is 4.13. The summed E-state index contributed by atoms with van der Waals surface area (Å²) >= 11 is 3.47. The molecule has 0 saturated heterocycles. The molecule has 0 atom stereocenters. The van der Waals surface area contributed by atoms with Crippen molar-refractivity contribution in [2.75, 3.05) is 0 Å². The van der Waals surface area contributed by atoms with E-state index in [2.05, 4.69) is 41.9 Å². The fourth-order valence-electron chi connectivity index (χ4n) is 2.41. The van der Waals surface area contributed by atoms with Crippen molar-refractivity contribution in [3.63, 3.8) is 0 Å². The van der Waals surface area contributed by atoms with E-state index in [9.17, 15) is 0 Å². The van der Waals surface area contributed by atoms with Gasteiger partial charge in [0.15, 0.2) is 0 Å². The number of nitrogens with zero attached hydrogens (tertiary/aromatic N) is 4. The zero-order valence-corrected chi connectivity index (χ0v) is 13.2. The second-order valence-corrected chi connectivity index (χ2v) is 5.84. The van der Waals surface area contributed by atoms with Crippen LogP contribution in [0, 0.1) is 0 Å². The lowest BCUT2D eigenvalue weighted by atomic mass is 10.2. The number of aromatic nitrogens is 5. The first kappa shape index (κ1) is 13.2. The van der Waals surface area contributed by atoms with Gasteiger partial charge >= 0.3 is 0 Å². The molecule has 4 rings (SSSR count). The zero-order valence-electron chi connectivity index (χ0n) is 11.6. The van der Waals surface area contributed by atoms with E-state index in [0.29, 0.717) is 6.54 Å². The van der Waals surface area contributed by atoms with Crippen molar-refractivity contribution in [3.8, 4) is 11.4 Å². The highest BCUT2D eigenvalue weighted by atomic mass is 79.9. The molecule has 1 aromatic carbocycles. The number of halogens is 1. The van der Waals surface area contributed by atoms with Crippen LogP contribution < -0.4 is 0 Å². The van der Waals surface area contributed by atoms with Gasteiger partial charge in [-0.1, -0.05) is 12.1 Å². The lowest BCUT2D eigenvalue weighted by Gasteiger charge is -2.05. The molecule has 0 aliphatic rings. The van der Waals surface area contributed by atoms with Crippen molar-refractivity contribution in [2.45, 2.75) is 6.54 Å². The van der Waals surface area contributed by atoms with Crippen molar-refractivity contribution < 1.29 is 0 Å². The predicted octanol–water partition coefficient (Wildman–Crippen LogP) is 3.63. The maximum Gasteiger partial charge on any atom is 0.140 e. The van der Waals surface area contributed by atoms with Gasteiger partial charge < -0.3 is 9.55 Å². The average Bonchev–Trinajstić information content (AvgIpc) is 3.14. The average molecular weight is 354 g/mol. The molecule has 0 aliphatic carbocycles. The molecule has 0 amide bonds. The van der Waals surface area contributed by atoms with Crippen LogP contribution in [0.2, 0.25) is 0 Å². The minimum absolute atomic E-state index is 0.710. The van der Waals surface area contributed by atoms with E-state index in [-0.39, 0.29) is 0 Å². The summed E-state index contributed by atoms with van der Waals surface area (Å²) in [5.74, 6) is 0.834. The summed E-state index contributed by atoms with van der Waals surface area (Å²) in [6.07, 6.45) is 7.25. The summed E-state index contributed by atoms with van der Waals surface area (Å²) in [6, 6.07) is 10.1. The SMILES string of the molecule is Brc1cncn1Cc1cncc(-c2nc3ccccc3[nH]2)c1. The second-order valence-electron chi connectivity index (χ2n) is 5.03. The molecule has 4 aromatic rings. The first-order valence-corrected chi connectivity index (χ1v) is 7.63. The number of aromatic amines is 1. The number of rotatable bonds is 3. The molecular formula is C16H12BrN5. The molecule has 3 aromatic heterocycles. The van der Waals surface area contributed by atoms with Crippen LogP contribution in [0.5, 0.6) is 0 Å². The molecule has 6 heteroatoms. The van der Waals surface area contributed by atoms with E-state index in [4.69, 9.17) is 0 Å². The zero-order chi connectivity index (χ0) is 14.9. The Kier molecular flexibility index (Phi) is 3.23. The molecule has 0 fully saturated rings. The first-order valence-electron chi connectivity index (χ1n) is 6.84. The standard InChI is InChI=1S/C16H12BrN5/c17-15-8-19-10-22(15)9-11-5-12(7-18-6-11)16-20-13-3-1-2-4-14(13)21-16/h1-8,10H,9H2,(H,20,21). The van der Waals surface area contributed by atoms with Crippen LogP contribution in [0.1, 0.15) is 5.56 Å². The maximum atomic E-state index is 4.61. The monoisotopic (exact) mass is 353 g/mol. The van der Waals surface area contributed by atoms with E-state index in [0.717, 1.165) is 32.6 Å². The van der Waals surface area contributed by atoms with Crippen LogP contribution in [-0.2, 0) is 6.54 Å². The molecule has 0 bridgehead atoms. The van der Waals surface area contributed by atoms with Gasteiger partial charge in [-0.3, -0.25) is 4.98 Å². The summed E-state index contributed by atoms with van der Waals surface area (Å²) in [6.45, 7) is 0.710. The van der Waals surface area contributed by atoms with Gasteiger partial charge in [0.1, 0.15) is 10.4 Å². The van der Waals surface area contributed by atoms with Gasteiger partial charge in [-0.15, -0.1) is 0 Å². The highest BCUT2D eigenvalue weighted by Gasteiger charge is 2.07. The number of benzene rings is 1. The number of fused-ring (bicyclic) bond motifs is 1. The molecule has 0 radical (unpaired) electrons. The molecule has 3 heterocycles. The largest absolute Gasteiger partial charge is 0.338 e. The number of hydrogen-bond acceptors (Lipinski definition) is 3. The van der Waals surface area contributed by atoms with E-state index in [1.807, 2.05) is 41.2 Å². The number of para-hydroxylation sites is 2. The summed E-state index contributed by atoms with van der Waals surface area (Å²) in [5.41, 5.74) is 4.06. The smallest absolute Gasteiger partial charge is 0.140 e. The summed E-state index contributed by atoms with van der Waals surface area (Å²) in [7, 11) is 0. The Morgan fingerprint density at radius 2 is 2.00 bits per heavy atom. The Morgan fingerprint density at radius 3 is 2.82 bits per heavy atom. The molecule has 5 nitrogen and oxygen atoms in total. The van der Waals surface area contributed by atoms with E-state index >= 15 is 0 Å². The van der Waals surface area contributed by atoms with Crippen LogP contribution in [0.25, 0.3) is 22.4 Å². The molecule has 22 heavy (non-hydrogen) atoms. The molecule has 0 spiro atoms. The van der Waals surface area contributed by atoms with Crippen LogP contribution in [0.4, 0.5) is 0 Å². The third kappa shape index (κ3) is 2.42. The molecule has 0 saturated carbocycles. The van der Waals surface area contributed by atoms with Gasteiger partial charge in [0.05, 0.1) is 30.1 Å². The van der Waals surface area contributed by atoms with Gasteiger partial charge in [0.25, 0.3) is 0 Å². The Morgan fingerprint density at radius 1 is 1.09 bits per heavy atom. The van der Waals surface area contributed by atoms with Gasteiger partial charge in [0.2, 0.25) is 0 Å². The van der Waals surface area contributed by atoms with Crippen LogP contribution in [0.15, 0.2) is 59.9 Å². The quantitative estimate of drug-likeness (QED) is 0.611. The minimum atomic E-state index is 0.710. The van der Waals surface area contributed by atoms with Gasteiger partial charge in [-0.05, 0) is 39.7 Å². The molecule has 0 aliphatic heterocycles. The minimum Gasteiger partial charge on any atom is -0.338 e. The Bertz CT molecular complexity index is 907. The number of hydrogen-bond donors (Lipinski definition) is 1. The highest BCUT2D eigenvalue weighted by Crippen LogP contribution is 2.21. The molecule has 0 unspecified atom stereocenters. The normalized spacial score (nSPS) is 11.1. The number of nitrogens with one attached hydrogen (secondary N) is 1. The van der Waals surface area contributed by atoms with Gasteiger partial charge in [0, 0.05) is 18.0 Å². The van der Waals surface area contributed by atoms with E-state index < -0.39 is 0 Å². The number of imidazole rings is 2. The lowest BCUT2D eigenvalue weighted by Crippen LogP contribution is -1.99. The Labute approximate surface area is 135 Å². The lowest BCUT2D eigenvalue weighted by molar-refractivity contribution is 0.776. The van der Waals surface area contributed by atoms with E-state index in [1.54, 1.807) is 12.5 Å². The number of pyridine rings is 1. The van der Waals surface area contributed by atoms with Crippen molar-refractivity contribution in [3.05, 3.63) is 65.4 Å². The summed E-state index contributed by atoms with van der Waals surface area (Å²) in [5, 5.41) is 0. The summed E-state index contributed by atoms with van der Waals surface area (Å²) in [4.78, 5) is 16.4. The van der Waals surface area contributed by atoms with Crippen molar-refractivity contribution in [1.29, 1.82) is 0 Å². The topological polar surface area (TPSA) is 59.4 Å². The third-order valence-electron chi connectivity index (χ3n) is 3.47. The maximum absolute atomic E-state index is 4.61. The van der Waals surface area contributed by atoms with Crippen molar-refractivity contribution in [1.82, 2.24) is 24.5 Å². The van der Waals surface area contributed by atoms with Crippen LogP contribution in [-0.4, -0.2) is 24.5 Å². The molecular weight excluding hydrogens is 342 g/mol. The van der Waals surface area contributed by atoms with Gasteiger partial charge in [-0.25, -0.2) is 9.97 Å². The van der Waals surface area contributed by atoms with E-state index in [1.165, 1.54) is 0 Å². The second kappa shape index (κ2) is 5.38. The van der Waals surface area contributed by atoms with Crippen LogP contribution >= 0.6 is 15.9 Å². The van der Waals surface area contributed by atoms with Crippen LogP contribution in [0.3, 0.4) is 0 Å². The Balaban J connectivity index is 1.70.